The fraction of sp³-hybridized carbons (Fsp3) is 0.263. The van der Waals surface area contributed by atoms with Gasteiger partial charge in [-0.2, -0.15) is 0 Å². The van der Waals surface area contributed by atoms with Crippen molar-refractivity contribution in [1.82, 2.24) is 4.90 Å². The van der Waals surface area contributed by atoms with Crippen molar-refractivity contribution in [2.45, 2.75) is 13.3 Å². The number of nitrogens with one attached hydrogen (secondary N) is 1. The van der Waals surface area contributed by atoms with Crippen LogP contribution in [0.2, 0.25) is 0 Å². The molecule has 27 heavy (non-hydrogen) atoms. The fourth-order valence-corrected chi connectivity index (χ4v) is 3.50. The molecular weight excluding hydrogens is 374 g/mol. The highest BCUT2D eigenvalue weighted by atomic mass is 32.1. The molecule has 1 aliphatic heterocycles. The van der Waals surface area contributed by atoms with Gasteiger partial charge in [-0.15, -0.1) is 11.3 Å². The van der Waals surface area contributed by atoms with Crippen molar-refractivity contribution >= 4 is 34.4 Å². The first-order valence-corrected chi connectivity index (χ1v) is 9.35. The molecule has 1 aliphatic rings. The summed E-state index contributed by atoms with van der Waals surface area (Å²) in [4.78, 5) is 27.4. The van der Waals surface area contributed by atoms with Crippen molar-refractivity contribution in [3.8, 4) is 0 Å². The average Bonchev–Trinajstić information content (AvgIpc) is 3.24. The Morgan fingerprint density at radius 2 is 1.96 bits per heavy atom. The summed E-state index contributed by atoms with van der Waals surface area (Å²) in [6, 6.07) is 6.74. The molecule has 0 spiro atoms. The first kappa shape index (κ1) is 19.2. The van der Waals surface area contributed by atoms with Crippen LogP contribution in [0.5, 0.6) is 0 Å². The van der Waals surface area contributed by atoms with Crippen LogP contribution in [0.1, 0.15) is 18.2 Å². The van der Waals surface area contributed by atoms with E-state index in [0.717, 1.165) is 17.0 Å². The summed E-state index contributed by atoms with van der Waals surface area (Å²) in [5, 5.41) is 4.59. The third-order valence-electron chi connectivity index (χ3n) is 4.00. The molecule has 0 atom stereocenters. The van der Waals surface area contributed by atoms with Gasteiger partial charge in [0.2, 0.25) is 0 Å². The van der Waals surface area contributed by atoms with E-state index >= 15 is 0 Å². The molecule has 0 bridgehead atoms. The molecule has 0 saturated heterocycles. The molecule has 0 unspecified atom stereocenters. The molecule has 2 heterocycles. The summed E-state index contributed by atoms with van der Waals surface area (Å²) in [5.74, 6) is -2.93. The number of thiophene rings is 1. The van der Waals surface area contributed by atoms with Crippen molar-refractivity contribution in [3.63, 3.8) is 0 Å². The standard InChI is InChI=1S/C19H18F2N2O3S/c1-2-26-9-4-8-23-18(24)16(15-5-3-10-27-15)17(19(23)25)22-12-6-7-13(20)14(21)11-12/h3,5-7,10-11,22H,2,4,8-9H2,1H3. The van der Waals surface area contributed by atoms with Crippen molar-refractivity contribution in [2.24, 2.45) is 0 Å². The van der Waals surface area contributed by atoms with Gasteiger partial charge < -0.3 is 10.1 Å². The van der Waals surface area contributed by atoms with Crippen molar-refractivity contribution in [1.29, 1.82) is 0 Å². The van der Waals surface area contributed by atoms with Crippen molar-refractivity contribution < 1.29 is 23.1 Å². The Morgan fingerprint density at radius 3 is 2.63 bits per heavy atom. The Balaban J connectivity index is 1.89. The molecule has 1 aromatic heterocycles. The molecule has 5 nitrogen and oxygen atoms in total. The number of carbonyl (C=O) groups excluding carboxylic acids is 2. The number of ether oxygens (including phenoxy) is 1. The van der Waals surface area contributed by atoms with E-state index < -0.39 is 23.4 Å². The smallest absolute Gasteiger partial charge is 0.278 e. The number of hydrogen-bond donors (Lipinski definition) is 1. The number of rotatable bonds is 8. The summed E-state index contributed by atoms with van der Waals surface area (Å²) >= 11 is 1.32. The van der Waals surface area contributed by atoms with Gasteiger partial charge in [0.15, 0.2) is 11.6 Å². The predicted octanol–water partition coefficient (Wildman–Crippen LogP) is 3.64. The lowest BCUT2D eigenvalue weighted by molar-refractivity contribution is -0.137. The highest BCUT2D eigenvalue weighted by Gasteiger charge is 2.39. The molecule has 3 rings (SSSR count). The predicted molar refractivity (Wildman–Crippen MR) is 99.0 cm³/mol. The van der Waals surface area contributed by atoms with Crippen LogP contribution < -0.4 is 5.32 Å². The Morgan fingerprint density at radius 1 is 1.15 bits per heavy atom. The van der Waals surface area contributed by atoms with Crippen LogP contribution >= 0.6 is 11.3 Å². The lowest BCUT2D eigenvalue weighted by atomic mass is 10.2. The number of nitrogens with zero attached hydrogens (tertiary/aromatic N) is 1. The molecular formula is C19H18F2N2O3S. The largest absolute Gasteiger partial charge is 0.382 e. The monoisotopic (exact) mass is 392 g/mol. The molecule has 1 aromatic carbocycles. The van der Waals surface area contributed by atoms with Gasteiger partial charge in [-0.1, -0.05) is 6.07 Å². The van der Waals surface area contributed by atoms with Gasteiger partial charge in [-0.3, -0.25) is 14.5 Å². The summed E-state index contributed by atoms with van der Waals surface area (Å²) < 4.78 is 31.9. The van der Waals surface area contributed by atoms with Crippen LogP contribution in [-0.2, 0) is 14.3 Å². The highest BCUT2D eigenvalue weighted by molar-refractivity contribution is 7.11. The number of imide groups is 1. The fourth-order valence-electron chi connectivity index (χ4n) is 2.73. The number of carbonyl (C=O) groups is 2. The first-order chi connectivity index (χ1) is 13.0. The Labute approximate surface area is 159 Å². The van der Waals surface area contributed by atoms with E-state index in [2.05, 4.69) is 5.32 Å². The van der Waals surface area contributed by atoms with Gasteiger partial charge in [0.05, 0.1) is 5.57 Å². The van der Waals surface area contributed by atoms with E-state index in [4.69, 9.17) is 4.74 Å². The Kier molecular flexibility index (Phi) is 5.98. The summed E-state index contributed by atoms with van der Waals surface area (Å²) in [5.41, 5.74) is 0.483. The van der Waals surface area contributed by atoms with Gasteiger partial charge in [0.25, 0.3) is 11.8 Å². The minimum absolute atomic E-state index is 0.0601. The molecule has 0 fully saturated rings. The first-order valence-electron chi connectivity index (χ1n) is 8.47. The molecule has 2 amide bonds. The van der Waals surface area contributed by atoms with Gasteiger partial charge in [0, 0.05) is 36.4 Å². The summed E-state index contributed by atoms with van der Waals surface area (Å²) in [6.45, 7) is 3.08. The zero-order chi connectivity index (χ0) is 19.4. The second-order valence-corrected chi connectivity index (χ2v) is 6.74. The third kappa shape index (κ3) is 4.06. The van der Waals surface area contributed by atoms with Crippen LogP contribution in [0.15, 0.2) is 41.4 Å². The molecule has 2 aromatic rings. The van der Waals surface area contributed by atoms with Crippen LogP contribution in [0.4, 0.5) is 14.5 Å². The Bertz CT molecular complexity index is 881. The minimum atomic E-state index is -1.04. The lowest BCUT2D eigenvalue weighted by Crippen LogP contribution is -2.33. The summed E-state index contributed by atoms with van der Waals surface area (Å²) in [7, 11) is 0. The highest BCUT2D eigenvalue weighted by Crippen LogP contribution is 2.33. The zero-order valence-electron chi connectivity index (χ0n) is 14.6. The molecule has 0 radical (unpaired) electrons. The molecule has 0 saturated carbocycles. The molecule has 142 valence electrons. The number of benzene rings is 1. The van der Waals surface area contributed by atoms with Gasteiger partial charge in [0.1, 0.15) is 5.70 Å². The SMILES string of the molecule is CCOCCCN1C(=O)C(Nc2ccc(F)c(F)c2)=C(c2cccs2)C1=O. The van der Waals surface area contributed by atoms with Crippen molar-refractivity contribution in [3.05, 3.63) is 57.9 Å². The minimum Gasteiger partial charge on any atom is -0.382 e. The lowest BCUT2D eigenvalue weighted by Gasteiger charge is -2.15. The van der Waals surface area contributed by atoms with E-state index in [-0.39, 0.29) is 23.5 Å². The van der Waals surface area contributed by atoms with E-state index in [9.17, 15) is 18.4 Å². The third-order valence-corrected chi connectivity index (χ3v) is 4.89. The maximum Gasteiger partial charge on any atom is 0.278 e. The number of amides is 2. The van der Waals surface area contributed by atoms with E-state index in [1.165, 1.54) is 17.4 Å². The molecule has 8 heteroatoms. The number of halogens is 2. The van der Waals surface area contributed by atoms with E-state index in [1.54, 1.807) is 17.5 Å². The topological polar surface area (TPSA) is 58.6 Å². The van der Waals surface area contributed by atoms with Crippen molar-refractivity contribution in [2.75, 3.05) is 25.1 Å². The maximum atomic E-state index is 13.5. The van der Waals surface area contributed by atoms with Gasteiger partial charge in [-0.25, -0.2) is 8.78 Å². The zero-order valence-corrected chi connectivity index (χ0v) is 15.4. The second-order valence-electron chi connectivity index (χ2n) is 5.79. The van der Waals surface area contributed by atoms with Crippen LogP contribution in [0.3, 0.4) is 0 Å². The Hall–Kier alpha value is -2.58. The van der Waals surface area contributed by atoms with Crippen LogP contribution in [0, 0.1) is 11.6 Å². The van der Waals surface area contributed by atoms with Gasteiger partial charge in [-0.05, 0) is 36.9 Å². The van der Waals surface area contributed by atoms with Crippen LogP contribution in [0.25, 0.3) is 5.57 Å². The van der Waals surface area contributed by atoms with Crippen LogP contribution in [-0.4, -0.2) is 36.5 Å². The second kappa shape index (κ2) is 8.41. The van der Waals surface area contributed by atoms with E-state index in [0.29, 0.717) is 24.5 Å². The normalized spacial score (nSPS) is 14.4. The van der Waals surface area contributed by atoms with E-state index in [1.807, 2.05) is 6.92 Å². The van der Waals surface area contributed by atoms with Gasteiger partial charge >= 0.3 is 0 Å². The average molecular weight is 392 g/mol. The maximum absolute atomic E-state index is 13.5. The molecule has 1 N–H and O–H groups in total. The quantitative estimate of drug-likeness (QED) is 0.550. The number of anilines is 1. The summed E-state index contributed by atoms with van der Waals surface area (Å²) in [6.07, 6.45) is 0.515. The molecule has 0 aliphatic carbocycles. The number of hydrogen-bond acceptors (Lipinski definition) is 5.